The second-order valence-corrected chi connectivity index (χ2v) is 6.67. The second kappa shape index (κ2) is 6.87. The van der Waals surface area contributed by atoms with Gasteiger partial charge in [-0.05, 0) is 57.9 Å². The van der Waals surface area contributed by atoms with Crippen molar-refractivity contribution >= 4 is 23.2 Å². The smallest absolute Gasteiger partial charge is 0.239 e. The van der Waals surface area contributed by atoms with Gasteiger partial charge < -0.3 is 10.6 Å². The summed E-state index contributed by atoms with van der Waals surface area (Å²) in [6.07, 6.45) is 0. The van der Waals surface area contributed by atoms with E-state index in [1.807, 2.05) is 63.2 Å². The third-order valence-electron chi connectivity index (χ3n) is 4.16. The Morgan fingerprint density at radius 2 is 1.33 bits per heavy atom. The minimum absolute atomic E-state index is 0.333. The molecule has 0 bridgehead atoms. The minimum Gasteiger partial charge on any atom is -0.325 e. The van der Waals surface area contributed by atoms with Gasteiger partial charge in [-0.15, -0.1) is 0 Å². The zero-order chi connectivity index (χ0) is 17.9. The van der Waals surface area contributed by atoms with Gasteiger partial charge >= 0.3 is 0 Å². The number of benzene rings is 2. The molecule has 2 rings (SSSR count). The fourth-order valence-electron chi connectivity index (χ4n) is 2.33. The van der Waals surface area contributed by atoms with Crippen molar-refractivity contribution in [2.75, 3.05) is 10.6 Å². The van der Waals surface area contributed by atoms with Crippen LogP contribution in [0.15, 0.2) is 42.5 Å². The van der Waals surface area contributed by atoms with Crippen LogP contribution in [0.1, 0.15) is 30.5 Å². The van der Waals surface area contributed by atoms with Gasteiger partial charge in [-0.1, -0.05) is 35.9 Å². The number of hydrogen-bond acceptors (Lipinski definition) is 2. The fourth-order valence-corrected chi connectivity index (χ4v) is 2.33. The van der Waals surface area contributed by atoms with Crippen molar-refractivity contribution in [3.63, 3.8) is 0 Å². The summed E-state index contributed by atoms with van der Waals surface area (Å²) in [4.78, 5) is 25.2. The van der Waals surface area contributed by atoms with Crippen molar-refractivity contribution in [2.45, 2.75) is 34.6 Å². The molecule has 0 aromatic heterocycles. The van der Waals surface area contributed by atoms with Crippen LogP contribution >= 0.6 is 0 Å². The average molecular weight is 324 g/mol. The molecule has 0 unspecified atom stereocenters. The van der Waals surface area contributed by atoms with Gasteiger partial charge in [0.2, 0.25) is 11.8 Å². The number of aryl methyl sites for hydroxylation is 3. The maximum absolute atomic E-state index is 12.6. The summed E-state index contributed by atoms with van der Waals surface area (Å²) in [7, 11) is 0. The SMILES string of the molecule is Cc1ccc(NC(=O)C(C)(C)C(=O)Nc2ccccc2C)c(C)c1. The van der Waals surface area contributed by atoms with Gasteiger partial charge in [-0.3, -0.25) is 9.59 Å². The highest BCUT2D eigenvalue weighted by Crippen LogP contribution is 2.24. The van der Waals surface area contributed by atoms with Crippen LogP contribution in [0.25, 0.3) is 0 Å². The van der Waals surface area contributed by atoms with Crippen LogP contribution in [0.3, 0.4) is 0 Å². The van der Waals surface area contributed by atoms with E-state index in [1.54, 1.807) is 13.8 Å². The summed E-state index contributed by atoms with van der Waals surface area (Å²) in [5, 5.41) is 5.70. The molecule has 0 radical (unpaired) electrons. The number of rotatable bonds is 4. The minimum atomic E-state index is -1.19. The van der Waals surface area contributed by atoms with E-state index in [0.29, 0.717) is 0 Å². The zero-order valence-corrected chi connectivity index (χ0v) is 14.9. The van der Waals surface area contributed by atoms with Crippen molar-refractivity contribution in [3.05, 3.63) is 59.2 Å². The molecule has 0 aliphatic rings. The number of para-hydroxylation sites is 1. The molecule has 2 aromatic carbocycles. The molecule has 24 heavy (non-hydrogen) atoms. The summed E-state index contributed by atoms with van der Waals surface area (Å²) in [6.45, 7) is 9.10. The lowest BCUT2D eigenvalue weighted by Crippen LogP contribution is -2.41. The molecule has 0 heterocycles. The quantitative estimate of drug-likeness (QED) is 0.828. The number of nitrogens with one attached hydrogen (secondary N) is 2. The first-order valence-corrected chi connectivity index (χ1v) is 7.97. The lowest BCUT2D eigenvalue weighted by Gasteiger charge is -2.24. The Bertz CT molecular complexity index is 779. The molecule has 0 atom stereocenters. The van der Waals surface area contributed by atoms with Gasteiger partial charge in [0.15, 0.2) is 0 Å². The fraction of sp³-hybridized carbons (Fsp3) is 0.300. The molecule has 4 heteroatoms. The highest BCUT2D eigenvalue weighted by atomic mass is 16.2. The Balaban J connectivity index is 2.14. The molecular weight excluding hydrogens is 300 g/mol. The van der Waals surface area contributed by atoms with E-state index in [9.17, 15) is 9.59 Å². The van der Waals surface area contributed by atoms with Gasteiger partial charge in [-0.25, -0.2) is 0 Å². The molecular formula is C20H24N2O2. The summed E-state index contributed by atoms with van der Waals surface area (Å²) < 4.78 is 0. The first-order valence-electron chi connectivity index (χ1n) is 7.97. The third kappa shape index (κ3) is 3.82. The molecule has 0 saturated heterocycles. The Morgan fingerprint density at radius 1 is 0.792 bits per heavy atom. The summed E-state index contributed by atoms with van der Waals surface area (Å²) >= 11 is 0. The second-order valence-electron chi connectivity index (χ2n) is 6.67. The topological polar surface area (TPSA) is 58.2 Å². The predicted molar refractivity (Wildman–Crippen MR) is 98.1 cm³/mol. The van der Waals surface area contributed by atoms with Crippen LogP contribution < -0.4 is 10.6 Å². The van der Waals surface area contributed by atoms with Crippen molar-refractivity contribution < 1.29 is 9.59 Å². The molecule has 0 fully saturated rings. The molecule has 2 aromatic rings. The van der Waals surface area contributed by atoms with Crippen LogP contribution in [0, 0.1) is 26.2 Å². The molecule has 126 valence electrons. The summed E-state index contributed by atoms with van der Waals surface area (Å²) in [5.41, 5.74) is 3.30. The van der Waals surface area contributed by atoms with Crippen LogP contribution in [0.4, 0.5) is 11.4 Å². The van der Waals surface area contributed by atoms with E-state index in [2.05, 4.69) is 10.6 Å². The van der Waals surface area contributed by atoms with Gasteiger partial charge in [0, 0.05) is 11.4 Å². The van der Waals surface area contributed by atoms with Gasteiger partial charge in [0.05, 0.1) is 0 Å². The highest BCUT2D eigenvalue weighted by molar-refractivity contribution is 6.14. The molecule has 0 aliphatic carbocycles. The van der Waals surface area contributed by atoms with Gasteiger partial charge in [-0.2, -0.15) is 0 Å². The normalized spacial score (nSPS) is 11.0. The lowest BCUT2D eigenvalue weighted by atomic mass is 9.90. The number of anilines is 2. The largest absolute Gasteiger partial charge is 0.325 e. The Labute approximate surface area is 143 Å². The Hall–Kier alpha value is -2.62. The highest BCUT2D eigenvalue weighted by Gasteiger charge is 2.36. The first kappa shape index (κ1) is 17.7. The van der Waals surface area contributed by atoms with E-state index in [4.69, 9.17) is 0 Å². The Morgan fingerprint density at radius 3 is 1.88 bits per heavy atom. The number of hydrogen-bond donors (Lipinski definition) is 2. The van der Waals surface area contributed by atoms with Crippen molar-refractivity contribution in [1.82, 2.24) is 0 Å². The molecule has 4 nitrogen and oxygen atoms in total. The number of carbonyl (C=O) groups excluding carboxylic acids is 2. The third-order valence-corrected chi connectivity index (χ3v) is 4.16. The maximum atomic E-state index is 12.6. The summed E-state index contributed by atoms with van der Waals surface area (Å²) in [5.74, 6) is -0.667. The van der Waals surface area contributed by atoms with Crippen molar-refractivity contribution in [2.24, 2.45) is 5.41 Å². The number of carbonyl (C=O) groups is 2. The van der Waals surface area contributed by atoms with E-state index in [1.165, 1.54) is 0 Å². The van der Waals surface area contributed by atoms with Crippen LogP contribution in [-0.2, 0) is 9.59 Å². The molecule has 2 N–H and O–H groups in total. The average Bonchev–Trinajstić information content (AvgIpc) is 2.52. The Kier molecular flexibility index (Phi) is 5.07. The zero-order valence-electron chi connectivity index (χ0n) is 14.9. The first-order chi connectivity index (χ1) is 11.2. The summed E-state index contributed by atoms with van der Waals surface area (Å²) in [6, 6.07) is 13.3. The van der Waals surface area contributed by atoms with E-state index < -0.39 is 5.41 Å². The van der Waals surface area contributed by atoms with E-state index in [0.717, 1.165) is 28.1 Å². The monoisotopic (exact) mass is 324 g/mol. The van der Waals surface area contributed by atoms with Gasteiger partial charge in [0.25, 0.3) is 0 Å². The van der Waals surface area contributed by atoms with E-state index >= 15 is 0 Å². The lowest BCUT2D eigenvalue weighted by molar-refractivity contribution is -0.135. The molecule has 0 spiro atoms. The molecule has 0 saturated carbocycles. The van der Waals surface area contributed by atoms with Crippen LogP contribution in [0.2, 0.25) is 0 Å². The maximum Gasteiger partial charge on any atom is 0.239 e. The predicted octanol–water partition coefficient (Wildman–Crippen LogP) is 4.22. The molecule has 0 aliphatic heterocycles. The standard InChI is InChI=1S/C20H24N2O2/c1-13-10-11-17(15(3)12-13)22-19(24)20(4,5)18(23)21-16-9-7-6-8-14(16)2/h6-12H,1-5H3,(H,21,23)(H,22,24). The van der Waals surface area contributed by atoms with Gasteiger partial charge in [0.1, 0.15) is 5.41 Å². The molecule has 2 amide bonds. The van der Waals surface area contributed by atoms with Crippen LogP contribution in [0.5, 0.6) is 0 Å². The van der Waals surface area contributed by atoms with Crippen molar-refractivity contribution in [3.8, 4) is 0 Å². The number of amides is 2. The van der Waals surface area contributed by atoms with Crippen molar-refractivity contribution in [1.29, 1.82) is 0 Å². The van der Waals surface area contributed by atoms with E-state index in [-0.39, 0.29) is 11.8 Å². The van der Waals surface area contributed by atoms with Crippen LogP contribution in [-0.4, -0.2) is 11.8 Å².